The molecule has 0 radical (unpaired) electrons. The number of hydrogen-bond donors (Lipinski definition) is 19. The Labute approximate surface area is 799 Å². The third kappa shape index (κ3) is 22.6. The SMILES string of the molecule is COc1cccc2c1C(=O)c1c(O)c3c(c(O)c1C2=O)C[C@@](O)(C(=O)CO)C[C@@H]3O[C@H]1C[C@H](NC(=O)OCC(=Cc2ccc(NC(=O)[C@H](CCCCN)NC(=O)[C@H](Cc3ccccc3)NC(=O)[C@H](CCCCN)NC(=O)CCN3C(=O)CC(SCCN)C3=O)cc2)COC(=O)N[C@H]2C[C@H](O[C@H]3C[C@](O)(C(=O)CO)Cc4c(O)c5c(c(O)c43)C(=O)c3c(OC)cccc3C5=O)O[C@@H](C)[C@H]2O)[C@H](O)[C@H](C)O1. The van der Waals surface area contributed by atoms with Gasteiger partial charge in [0.2, 0.25) is 47.0 Å². The van der Waals surface area contributed by atoms with E-state index in [1.54, 1.807) is 30.3 Å². The highest BCUT2D eigenvalue weighted by atomic mass is 32.2. The predicted molar refractivity (Wildman–Crippen MR) is 490 cm³/mol. The van der Waals surface area contributed by atoms with Crippen molar-refractivity contribution in [3.8, 4) is 34.5 Å². The van der Waals surface area contributed by atoms with E-state index in [0.717, 1.165) is 4.90 Å². The first-order valence-electron chi connectivity index (χ1n) is 45.3. The summed E-state index contributed by atoms with van der Waals surface area (Å²) in [6.07, 6.45) is -16.2. The van der Waals surface area contributed by atoms with Crippen molar-refractivity contribution in [3.63, 3.8) is 0 Å². The number of phenols is 4. The molecule has 1 unspecified atom stereocenters. The summed E-state index contributed by atoms with van der Waals surface area (Å²) in [7, 11) is 2.48. The normalized spacial score (nSPS) is 23.5. The average Bonchev–Trinajstić information content (AvgIpc) is 0.954. The van der Waals surface area contributed by atoms with Crippen LogP contribution in [0.1, 0.15) is 200 Å². The quantitative estimate of drug-likeness (QED) is 0.0148. The predicted octanol–water partition coefficient (Wildman–Crippen LogP) is 1.74. The van der Waals surface area contributed by atoms with Crippen LogP contribution in [-0.2, 0) is 86.0 Å². The molecule has 7 aliphatic rings. The van der Waals surface area contributed by atoms with Gasteiger partial charge in [-0.15, -0.1) is 11.8 Å². The van der Waals surface area contributed by atoms with Gasteiger partial charge in [-0.25, -0.2) is 9.59 Å². The zero-order valence-electron chi connectivity index (χ0n) is 76.3. The van der Waals surface area contributed by atoms with E-state index in [9.17, 15) is 118 Å². The van der Waals surface area contributed by atoms with Crippen molar-refractivity contribution in [2.24, 2.45) is 17.2 Å². The molecule has 6 aromatic carbocycles. The number of nitrogens with one attached hydrogen (secondary N) is 6. The van der Waals surface area contributed by atoms with Crippen LogP contribution in [0.5, 0.6) is 34.5 Å². The van der Waals surface area contributed by atoms with Crippen LogP contribution in [0.4, 0.5) is 15.3 Å². The second-order valence-electron chi connectivity index (χ2n) is 35.0. The monoisotopic (exact) mass is 1950 g/mol. The Balaban J connectivity index is 0.739. The number of nitrogens with zero attached hydrogens (tertiary/aromatic N) is 1. The molecule has 3 aliphatic heterocycles. The number of benzene rings is 6. The fourth-order valence-corrected chi connectivity index (χ4v) is 19.5. The number of amides is 8. The number of fused-ring (bicyclic) bond motifs is 6. The smallest absolute Gasteiger partial charge is 0.407 e. The van der Waals surface area contributed by atoms with Gasteiger partial charge in [-0.05, 0) is 107 Å². The number of aliphatic hydroxyl groups excluding tert-OH is 4. The first-order chi connectivity index (χ1) is 66.4. The Hall–Kier alpha value is -12.7. The summed E-state index contributed by atoms with van der Waals surface area (Å²) in [5, 5.41) is 131. The topological polar surface area (TPSA) is 669 Å². The van der Waals surface area contributed by atoms with Crippen molar-refractivity contribution < 1.29 is 156 Å². The number of ether oxygens (including phenoxy) is 8. The summed E-state index contributed by atoms with van der Waals surface area (Å²) in [6, 6.07) is 16.1. The molecule has 22 N–H and O–H groups in total. The fraction of sp³-hybridized carbons (Fsp3) is 0.458. The third-order valence-electron chi connectivity index (χ3n) is 25.8. The minimum Gasteiger partial charge on any atom is -0.507 e. The van der Waals surface area contributed by atoms with E-state index in [2.05, 4.69) is 31.9 Å². The number of nitrogens with two attached hydrogens (primary N) is 3. The molecule has 6 aromatic rings. The molecule has 8 amide bonds. The van der Waals surface area contributed by atoms with Crippen molar-refractivity contribution in [1.82, 2.24) is 31.5 Å². The van der Waals surface area contributed by atoms with E-state index in [1.807, 2.05) is 0 Å². The lowest BCUT2D eigenvalue weighted by atomic mass is 9.72. The highest BCUT2D eigenvalue weighted by Crippen LogP contribution is 2.55. The lowest BCUT2D eigenvalue weighted by Crippen LogP contribution is -2.57. The van der Waals surface area contributed by atoms with Gasteiger partial charge in [0.25, 0.3) is 0 Å². The summed E-state index contributed by atoms with van der Waals surface area (Å²) in [5.41, 5.74) is 8.20. The minimum absolute atomic E-state index is 0.0170. The number of thioether (sulfide) groups is 1. The van der Waals surface area contributed by atoms with E-state index in [4.69, 9.17) is 55.1 Å². The van der Waals surface area contributed by atoms with Gasteiger partial charge in [-0.3, -0.25) is 62.4 Å². The van der Waals surface area contributed by atoms with Gasteiger partial charge < -0.3 is 138 Å². The van der Waals surface area contributed by atoms with E-state index >= 15 is 0 Å². The Morgan fingerprint density at radius 2 is 1.01 bits per heavy atom. The number of anilines is 1. The van der Waals surface area contributed by atoms with Crippen LogP contribution in [0.15, 0.2) is 96.6 Å². The maximum absolute atomic E-state index is 14.8. The molecule has 43 heteroatoms. The van der Waals surface area contributed by atoms with Crippen molar-refractivity contribution in [2.45, 2.75) is 206 Å². The summed E-state index contributed by atoms with van der Waals surface area (Å²) < 4.78 is 47.2. The number of unbranched alkanes of at least 4 members (excludes halogenated alkanes) is 2. The molecular weight excluding hydrogens is 1840 g/mol. The maximum Gasteiger partial charge on any atom is 0.407 e. The Morgan fingerprint density at radius 3 is 1.47 bits per heavy atom. The first-order valence-corrected chi connectivity index (χ1v) is 46.4. The number of imide groups is 1. The summed E-state index contributed by atoms with van der Waals surface area (Å²) >= 11 is 1.24. The fourth-order valence-electron chi connectivity index (χ4n) is 18.5. The minimum atomic E-state index is -2.56. The molecule has 139 heavy (non-hydrogen) atoms. The highest BCUT2D eigenvalue weighted by Gasteiger charge is 2.54. The van der Waals surface area contributed by atoms with E-state index in [0.29, 0.717) is 37.0 Å². The first kappa shape index (κ1) is 104. The van der Waals surface area contributed by atoms with Gasteiger partial charge in [-0.2, -0.15) is 0 Å². The molecule has 16 atom stereocenters. The average molecular weight is 1950 g/mol. The third-order valence-corrected chi connectivity index (χ3v) is 27.0. The van der Waals surface area contributed by atoms with Gasteiger partial charge >= 0.3 is 12.2 Å². The van der Waals surface area contributed by atoms with Crippen LogP contribution in [0.3, 0.4) is 0 Å². The molecule has 3 heterocycles. The largest absolute Gasteiger partial charge is 0.507 e. The molecule has 744 valence electrons. The number of carbonyl (C=O) groups is 14. The Kier molecular flexibility index (Phi) is 33.6. The Bertz CT molecular complexity index is 5550. The molecule has 42 nitrogen and oxygen atoms in total. The van der Waals surface area contributed by atoms with Crippen LogP contribution in [0.25, 0.3) is 6.08 Å². The second-order valence-corrected chi connectivity index (χ2v) is 36.4. The maximum atomic E-state index is 14.8. The zero-order valence-corrected chi connectivity index (χ0v) is 77.1. The Morgan fingerprint density at radius 1 is 0.554 bits per heavy atom. The van der Waals surface area contributed by atoms with Crippen molar-refractivity contribution in [3.05, 3.63) is 174 Å². The molecule has 3 saturated heterocycles. The van der Waals surface area contributed by atoms with E-state index in [1.165, 1.54) is 107 Å². The number of aromatic hydroxyl groups is 4. The number of alkyl carbamates (subject to hydrolysis) is 2. The molecule has 0 saturated carbocycles. The molecular formula is C96H112N10O32S. The van der Waals surface area contributed by atoms with Gasteiger partial charge in [0.05, 0.1) is 89.3 Å². The number of hydrogen-bond acceptors (Lipinski definition) is 36. The van der Waals surface area contributed by atoms with E-state index in [-0.39, 0.29) is 120 Å². The molecule has 13 rings (SSSR count). The number of aliphatic hydroxyl groups is 6. The number of ketones is 6. The summed E-state index contributed by atoms with van der Waals surface area (Å²) in [5.74, 6) is -13.1. The summed E-state index contributed by atoms with van der Waals surface area (Å²) in [6.45, 7) is -0.675. The highest BCUT2D eigenvalue weighted by molar-refractivity contribution is 8.00. The van der Waals surface area contributed by atoms with Gasteiger partial charge in [0.1, 0.15) is 102 Å². The number of carbonyl (C=O) groups excluding carboxylic acids is 14. The molecule has 0 aromatic heterocycles. The van der Waals surface area contributed by atoms with Crippen LogP contribution in [0, 0.1) is 0 Å². The van der Waals surface area contributed by atoms with Crippen LogP contribution in [-0.4, -0.2) is 295 Å². The number of phenolic OH excluding ortho intramolecular Hbond substituents is 4. The molecule has 0 spiro atoms. The van der Waals surface area contributed by atoms with Gasteiger partial charge in [-0.1, -0.05) is 66.7 Å². The lowest BCUT2D eigenvalue weighted by molar-refractivity contribution is -0.249. The number of rotatable bonds is 40. The van der Waals surface area contributed by atoms with E-state index < -0.39 is 300 Å². The van der Waals surface area contributed by atoms with Gasteiger partial charge in [0.15, 0.2) is 35.7 Å². The van der Waals surface area contributed by atoms with Crippen molar-refractivity contribution >= 4 is 106 Å². The molecule has 0 bridgehead atoms. The van der Waals surface area contributed by atoms with Crippen LogP contribution >= 0.6 is 11.8 Å². The number of Topliss-reactive ketones (excluding diaryl/α,β-unsaturated/α-hetero) is 2. The number of methoxy groups -OCH3 is 2. The summed E-state index contributed by atoms with van der Waals surface area (Å²) in [4.78, 5) is 197. The van der Waals surface area contributed by atoms with Crippen molar-refractivity contribution in [1.29, 1.82) is 0 Å². The number of likely N-dealkylation sites (tertiary alicyclic amines) is 1. The van der Waals surface area contributed by atoms with Crippen LogP contribution < -0.4 is 58.6 Å². The lowest BCUT2D eigenvalue weighted by Gasteiger charge is -2.42. The van der Waals surface area contributed by atoms with Gasteiger partial charge in [0, 0.05) is 121 Å². The molecule has 4 aliphatic carbocycles. The standard InChI is InChI=1S/C96H112N10O32S/c1-45-79(113)57(34-69(135-45)137-62-39-95(129,65(109)41-107)37-53-73(62)87(121)77-75(83(53)117)81(115)51-16-12-20-60(131-3)71(51)85(77)119)104-93(127)133-43-49(44-134-94(128)105-58-35-70(136-46(2)80(58)114)138-63-40-96(130,66(110)42-108)38-54-74(63)88(122)78-76(84(54)118)82(116)52-17-13-21-61(132-4)72(52)86(78)120)32-48-22-24-50(25-23-48)100-89(123)56(19-9-11-28-98)102-91(125)59(33-47-14-6-5-7-15-47)103-90(124)55(18-8-10-27-97)101-67(111)26-30-106-68(112)36-64(92(106)126)139-31-29-99/h5-7,12-17,20-25,32,45-46,55-59,62-64,69-70,79-80,107-108,113-114,117-118,121-122,129-130H,8-11,18-19,26-31,33-44,97-99H2,1-4H3,(H,100,123)(H,101,111)(H,102,125)(H,103,124)(H,104,127)(H,105,128)/t45-,46-,55-,56-,57-,58-,59-,62-,63-,64?,69-,70-,79+,80+,95-,96-/m0/s1. The molecule has 3 fully saturated rings. The van der Waals surface area contributed by atoms with Crippen LogP contribution in [0.2, 0.25) is 0 Å². The van der Waals surface area contributed by atoms with Crippen molar-refractivity contribution in [2.75, 3.05) is 77.9 Å². The zero-order chi connectivity index (χ0) is 100. The second kappa shape index (κ2) is 45.0.